The van der Waals surface area contributed by atoms with Crippen LogP contribution in [0, 0.1) is 0 Å². The molecule has 0 aromatic heterocycles. The number of carbonyl (C=O) groups is 2. The zero-order valence-electron chi connectivity index (χ0n) is 43.7. The minimum absolute atomic E-state index is 0.0430. The second-order valence-electron chi connectivity index (χ2n) is 18.5. The van der Waals surface area contributed by atoms with Gasteiger partial charge in [0.15, 0.2) is 6.10 Å². The largest absolute Gasteiger partial charge is 0.462 e. The van der Waals surface area contributed by atoms with E-state index in [9.17, 15) is 9.59 Å². The monoisotopic (exact) mass is 919 g/mol. The lowest BCUT2D eigenvalue weighted by Gasteiger charge is -2.18. The van der Waals surface area contributed by atoms with E-state index in [0.717, 1.165) is 70.6 Å². The van der Waals surface area contributed by atoms with Crippen molar-refractivity contribution in [3.05, 3.63) is 85.1 Å². The molecule has 0 radical (unpaired) electrons. The molecule has 0 spiro atoms. The molecule has 1 atom stereocenters. The van der Waals surface area contributed by atoms with E-state index in [-0.39, 0.29) is 25.2 Å². The Hall–Kier alpha value is -2.92. The van der Waals surface area contributed by atoms with Gasteiger partial charge in [-0.1, -0.05) is 254 Å². The van der Waals surface area contributed by atoms with Gasteiger partial charge in [-0.2, -0.15) is 0 Å². The molecule has 0 fully saturated rings. The van der Waals surface area contributed by atoms with E-state index in [1.54, 1.807) is 0 Å². The van der Waals surface area contributed by atoms with Gasteiger partial charge in [0.2, 0.25) is 0 Å². The molecule has 0 aliphatic rings. The van der Waals surface area contributed by atoms with Crippen LogP contribution in [0.5, 0.6) is 0 Å². The molecule has 0 aromatic rings. The van der Waals surface area contributed by atoms with E-state index in [0.29, 0.717) is 25.9 Å². The molecular weight excluding hydrogens is 813 g/mol. The molecule has 0 aromatic carbocycles. The molecule has 0 aliphatic heterocycles. The molecule has 0 saturated heterocycles. The van der Waals surface area contributed by atoms with E-state index in [4.69, 9.17) is 14.2 Å². The third kappa shape index (κ3) is 53.7. The summed E-state index contributed by atoms with van der Waals surface area (Å²) < 4.78 is 17.4. The highest BCUT2D eigenvalue weighted by molar-refractivity contribution is 5.70. The molecule has 0 N–H and O–H groups in total. The summed E-state index contributed by atoms with van der Waals surface area (Å²) in [5.74, 6) is -0.492. The van der Waals surface area contributed by atoms with Gasteiger partial charge in [0.25, 0.3) is 0 Å². The highest BCUT2D eigenvalue weighted by Crippen LogP contribution is 2.15. The number of hydrogen-bond acceptors (Lipinski definition) is 5. The summed E-state index contributed by atoms with van der Waals surface area (Å²) in [6.45, 7) is 7.65. The van der Waals surface area contributed by atoms with Crippen molar-refractivity contribution in [2.45, 2.75) is 271 Å². The summed E-state index contributed by atoms with van der Waals surface area (Å²) in [5, 5.41) is 0. The van der Waals surface area contributed by atoms with Gasteiger partial charge in [-0.3, -0.25) is 9.59 Å². The normalized spacial score (nSPS) is 12.8. The second-order valence-corrected chi connectivity index (χ2v) is 18.5. The van der Waals surface area contributed by atoms with Gasteiger partial charge in [-0.25, -0.2) is 0 Å². The van der Waals surface area contributed by atoms with Gasteiger partial charge in [-0.05, 0) is 83.5 Å². The van der Waals surface area contributed by atoms with E-state index >= 15 is 0 Å². The Morgan fingerprint density at radius 3 is 1.15 bits per heavy atom. The standard InChI is InChI=1S/C61H106O5/c1-4-7-10-13-16-19-22-25-28-30-31-33-34-36-39-42-45-48-51-54-60(62)65-58-59(57-64-56-53-50-47-44-41-38-27-24-21-18-15-12-9-6-3)66-61(63)55-52-49-46-43-40-37-35-32-29-26-23-20-17-14-11-8-5-2/h7,10,16,19,25-26,28-29,31,33,36,39,45,48,59H,4-6,8-9,11-15,17-18,20-24,27,30,32,34-35,37-38,40-44,46-47,49-58H2,1-3H3/b10-7-,19-16-,28-25-,29-26-,33-31-,39-36-,48-45-. The van der Waals surface area contributed by atoms with Crippen LogP contribution in [-0.2, 0) is 23.8 Å². The van der Waals surface area contributed by atoms with Crippen LogP contribution in [0.4, 0.5) is 0 Å². The number of rotatable bonds is 51. The predicted octanol–water partition coefficient (Wildman–Crippen LogP) is 19.2. The third-order valence-electron chi connectivity index (χ3n) is 11.9. The average Bonchev–Trinajstić information content (AvgIpc) is 3.32. The lowest BCUT2D eigenvalue weighted by molar-refractivity contribution is -0.162. The first-order valence-corrected chi connectivity index (χ1v) is 28.1. The van der Waals surface area contributed by atoms with Crippen LogP contribution in [0.25, 0.3) is 0 Å². The van der Waals surface area contributed by atoms with Gasteiger partial charge in [0.1, 0.15) is 6.61 Å². The maximum Gasteiger partial charge on any atom is 0.306 e. The number of carbonyl (C=O) groups excluding carboxylic acids is 2. The molecular formula is C61H106O5. The zero-order chi connectivity index (χ0) is 47.7. The van der Waals surface area contributed by atoms with Gasteiger partial charge in [0, 0.05) is 19.4 Å². The molecule has 0 aliphatic carbocycles. The summed E-state index contributed by atoms with van der Waals surface area (Å²) in [7, 11) is 0. The van der Waals surface area contributed by atoms with Gasteiger partial charge in [-0.15, -0.1) is 0 Å². The maximum absolute atomic E-state index is 12.8. The van der Waals surface area contributed by atoms with Gasteiger partial charge in [0.05, 0.1) is 6.61 Å². The minimum atomic E-state index is -0.571. The Morgan fingerprint density at radius 1 is 0.348 bits per heavy atom. The zero-order valence-corrected chi connectivity index (χ0v) is 43.7. The molecule has 0 saturated carbocycles. The number of ether oxygens (including phenoxy) is 3. The van der Waals surface area contributed by atoms with Crippen LogP contribution in [0.3, 0.4) is 0 Å². The molecule has 0 rings (SSSR count). The Balaban J connectivity index is 4.38. The molecule has 0 amide bonds. The van der Waals surface area contributed by atoms with Crippen molar-refractivity contribution < 1.29 is 23.8 Å². The minimum Gasteiger partial charge on any atom is -0.462 e. The van der Waals surface area contributed by atoms with E-state index < -0.39 is 6.10 Å². The Morgan fingerprint density at radius 2 is 0.712 bits per heavy atom. The van der Waals surface area contributed by atoms with E-state index in [1.807, 2.05) is 6.08 Å². The fourth-order valence-corrected chi connectivity index (χ4v) is 7.77. The van der Waals surface area contributed by atoms with Crippen LogP contribution >= 0.6 is 0 Å². The summed E-state index contributed by atoms with van der Waals surface area (Å²) >= 11 is 0. The first-order chi connectivity index (χ1) is 32.6. The van der Waals surface area contributed by atoms with Gasteiger partial charge < -0.3 is 14.2 Å². The topological polar surface area (TPSA) is 61.8 Å². The lowest BCUT2D eigenvalue weighted by atomic mass is 10.0. The first kappa shape index (κ1) is 63.1. The molecule has 66 heavy (non-hydrogen) atoms. The Kier molecular flexibility index (Phi) is 53.9. The summed E-state index contributed by atoms with van der Waals surface area (Å²) in [5.41, 5.74) is 0. The van der Waals surface area contributed by atoms with Crippen LogP contribution in [0.1, 0.15) is 265 Å². The highest BCUT2D eigenvalue weighted by atomic mass is 16.6. The van der Waals surface area contributed by atoms with Crippen molar-refractivity contribution in [2.24, 2.45) is 0 Å². The van der Waals surface area contributed by atoms with Gasteiger partial charge >= 0.3 is 11.9 Å². The summed E-state index contributed by atoms with van der Waals surface area (Å²) in [4.78, 5) is 25.5. The molecule has 0 heterocycles. The number of esters is 2. The van der Waals surface area contributed by atoms with E-state index in [1.165, 1.54) is 154 Å². The van der Waals surface area contributed by atoms with Crippen molar-refractivity contribution in [2.75, 3.05) is 19.8 Å². The van der Waals surface area contributed by atoms with Crippen molar-refractivity contribution in [3.8, 4) is 0 Å². The van der Waals surface area contributed by atoms with Crippen molar-refractivity contribution in [3.63, 3.8) is 0 Å². The van der Waals surface area contributed by atoms with Crippen LogP contribution < -0.4 is 0 Å². The molecule has 5 nitrogen and oxygen atoms in total. The van der Waals surface area contributed by atoms with Crippen LogP contribution in [0.15, 0.2) is 85.1 Å². The Labute approximate surface area is 409 Å². The van der Waals surface area contributed by atoms with Crippen LogP contribution in [0.2, 0.25) is 0 Å². The predicted molar refractivity (Wildman–Crippen MR) is 288 cm³/mol. The van der Waals surface area contributed by atoms with Crippen LogP contribution in [-0.4, -0.2) is 37.9 Å². The third-order valence-corrected chi connectivity index (χ3v) is 11.9. The number of hydrogen-bond donors (Lipinski definition) is 0. The van der Waals surface area contributed by atoms with Crippen molar-refractivity contribution >= 4 is 11.9 Å². The summed E-state index contributed by atoms with van der Waals surface area (Å²) in [6, 6.07) is 0. The molecule has 1 unspecified atom stereocenters. The lowest BCUT2D eigenvalue weighted by Crippen LogP contribution is -2.30. The number of allylic oxidation sites excluding steroid dienone is 14. The fourth-order valence-electron chi connectivity index (χ4n) is 7.77. The number of unbranched alkanes of at least 4 members (excludes halogenated alkanes) is 26. The average molecular weight is 920 g/mol. The van der Waals surface area contributed by atoms with Crippen molar-refractivity contribution in [1.29, 1.82) is 0 Å². The molecule has 380 valence electrons. The first-order valence-electron chi connectivity index (χ1n) is 28.1. The Bertz CT molecular complexity index is 1220. The van der Waals surface area contributed by atoms with Crippen molar-refractivity contribution in [1.82, 2.24) is 0 Å². The SMILES string of the molecule is CC/C=C\C/C=C\C/C=C\C/C=C\C/C=C\C/C=C\CCC(=O)OCC(COCCCCCCCCCCCCCCCC)OC(=O)CCCCCCCCC/C=C\CCCCCCCC. The maximum atomic E-state index is 12.8. The smallest absolute Gasteiger partial charge is 0.306 e. The van der Waals surface area contributed by atoms with E-state index in [2.05, 4.69) is 99.8 Å². The summed E-state index contributed by atoms with van der Waals surface area (Å²) in [6.07, 6.45) is 74.7. The molecule has 0 bridgehead atoms. The fraction of sp³-hybridized carbons (Fsp3) is 0.738. The quantitative estimate of drug-likeness (QED) is 0.0346. The molecule has 5 heteroatoms. The second kappa shape index (κ2) is 56.4. The highest BCUT2D eigenvalue weighted by Gasteiger charge is 2.17.